The molecule has 0 radical (unpaired) electrons. The summed E-state index contributed by atoms with van der Waals surface area (Å²) >= 11 is 0. The van der Waals surface area contributed by atoms with Gasteiger partial charge in [0, 0.05) is 33.7 Å². The van der Waals surface area contributed by atoms with Gasteiger partial charge in [-0.15, -0.1) is 0 Å². The van der Waals surface area contributed by atoms with E-state index >= 15 is 0 Å². The smallest absolute Gasteiger partial charge is 0.162 e. The predicted octanol–water partition coefficient (Wildman–Crippen LogP) is 10.6. The molecular formula is C42H25N3O. The lowest BCUT2D eigenvalue weighted by atomic mass is 9.98. The molecule has 2 aromatic heterocycles. The Labute approximate surface area is 264 Å². The van der Waals surface area contributed by atoms with Gasteiger partial charge in [-0.3, -0.25) is 4.57 Å². The van der Waals surface area contributed by atoms with Crippen LogP contribution in [-0.2, 0) is 0 Å². The Morgan fingerprint density at radius 2 is 1.09 bits per heavy atom. The van der Waals surface area contributed by atoms with E-state index in [9.17, 15) is 5.11 Å². The van der Waals surface area contributed by atoms with Crippen LogP contribution in [0.15, 0.2) is 146 Å². The normalized spacial score (nSPS) is 12.0. The molecule has 7 aromatic carbocycles. The van der Waals surface area contributed by atoms with Crippen LogP contribution in [0.5, 0.6) is 5.75 Å². The van der Waals surface area contributed by atoms with E-state index in [1.54, 1.807) is 6.07 Å². The second-order valence-electron chi connectivity index (χ2n) is 12.0. The highest BCUT2D eigenvalue weighted by molar-refractivity contribution is 6.18. The third kappa shape index (κ3) is 3.44. The first-order valence-electron chi connectivity index (χ1n) is 15.5. The molecule has 2 heterocycles. The first-order valence-corrected chi connectivity index (χ1v) is 15.5. The fourth-order valence-corrected chi connectivity index (χ4v) is 7.45. The zero-order valence-electron chi connectivity index (χ0n) is 24.6. The second-order valence-corrected chi connectivity index (χ2v) is 12.0. The van der Waals surface area contributed by atoms with Crippen LogP contribution in [0.2, 0.25) is 0 Å². The third-order valence-electron chi connectivity index (χ3n) is 9.50. The highest BCUT2D eigenvalue weighted by Gasteiger charge is 2.25. The van der Waals surface area contributed by atoms with Crippen molar-refractivity contribution in [1.29, 1.82) is 0 Å². The average Bonchev–Trinajstić information content (AvgIpc) is 3.61. The standard InChI is InChI=1S/C42H25N3O/c46-39-19-8-6-15-30(39)36-24-43-41(34-21-20-33-28-13-4-3-12-27(28)31-16-9-17-32(34)40(31)33)44-42(36)45-37-18-7-5-14-29(37)35-22-25-10-1-2-11-26(25)23-38(35)45/h1-24,46H. The van der Waals surface area contributed by atoms with Crippen LogP contribution in [0.25, 0.3) is 93.9 Å². The Balaban J connectivity index is 1.30. The van der Waals surface area contributed by atoms with E-state index in [1.165, 1.54) is 33.0 Å². The monoisotopic (exact) mass is 587 g/mol. The summed E-state index contributed by atoms with van der Waals surface area (Å²) in [5.41, 5.74) is 9.52. The first-order chi connectivity index (χ1) is 22.7. The molecule has 0 spiro atoms. The molecule has 1 aliphatic carbocycles. The zero-order chi connectivity index (χ0) is 30.4. The molecule has 0 aliphatic heterocycles. The minimum Gasteiger partial charge on any atom is -0.507 e. The second kappa shape index (κ2) is 9.37. The van der Waals surface area contributed by atoms with Crippen molar-refractivity contribution in [3.63, 3.8) is 0 Å². The minimum atomic E-state index is 0.189. The lowest BCUT2D eigenvalue weighted by Gasteiger charge is -2.16. The van der Waals surface area contributed by atoms with Crippen molar-refractivity contribution in [1.82, 2.24) is 14.5 Å². The number of fused-ring (bicyclic) bond motifs is 7. The van der Waals surface area contributed by atoms with Gasteiger partial charge in [0.15, 0.2) is 5.82 Å². The van der Waals surface area contributed by atoms with Crippen LogP contribution in [0.1, 0.15) is 0 Å². The van der Waals surface area contributed by atoms with E-state index < -0.39 is 0 Å². The summed E-state index contributed by atoms with van der Waals surface area (Å²) in [7, 11) is 0. The molecule has 0 saturated carbocycles. The van der Waals surface area contributed by atoms with Crippen molar-refractivity contribution in [2.75, 3.05) is 0 Å². The number of phenols is 1. The number of hydrogen-bond donors (Lipinski definition) is 1. The highest BCUT2D eigenvalue weighted by atomic mass is 16.3. The van der Waals surface area contributed by atoms with Gasteiger partial charge in [-0.05, 0) is 74.1 Å². The Kier molecular flexibility index (Phi) is 5.11. The number of phenolic OH excluding ortho intramolecular Hbond substituents is 1. The minimum absolute atomic E-state index is 0.189. The molecule has 4 nitrogen and oxygen atoms in total. The maximum Gasteiger partial charge on any atom is 0.162 e. The summed E-state index contributed by atoms with van der Waals surface area (Å²) in [5.74, 6) is 1.55. The number of nitrogens with zero attached hydrogens (tertiary/aromatic N) is 3. The predicted molar refractivity (Wildman–Crippen MR) is 188 cm³/mol. The molecule has 0 atom stereocenters. The van der Waals surface area contributed by atoms with Crippen LogP contribution in [0.3, 0.4) is 0 Å². The molecule has 46 heavy (non-hydrogen) atoms. The van der Waals surface area contributed by atoms with Crippen molar-refractivity contribution in [3.05, 3.63) is 146 Å². The lowest BCUT2D eigenvalue weighted by molar-refractivity contribution is 0.477. The Bertz CT molecular complexity index is 2690. The average molecular weight is 588 g/mol. The van der Waals surface area contributed by atoms with Gasteiger partial charge >= 0.3 is 0 Å². The maximum absolute atomic E-state index is 11.1. The van der Waals surface area contributed by atoms with E-state index in [1.807, 2.05) is 24.4 Å². The van der Waals surface area contributed by atoms with Crippen molar-refractivity contribution in [3.8, 4) is 56.3 Å². The van der Waals surface area contributed by atoms with Gasteiger partial charge in [-0.1, -0.05) is 109 Å². The van der Waals surface area contributed by atoms with Crippen molar-refractivity contribution >= 4 is 43.4 Å². The van der Waals surface area contributed by atoms with Gasteiger partial charge in [-0.25, -0.2) is 9.97 Å². The number of aromatic hydroxyl groups is 1. The molecule has 10 rings (SSSR count). The fraction of sp³-hybridized carbons (Fsp3) is 0. The highest BCUT2D eigenvalue weighted by Crippen LogP contribution is 2.49. The van der Waals surface area contributed by atoms with Crippen LogP contribution in [0, 0.1) is 0 Å². The molecule has 9 aromatic rings. The van der Waals surface area contributed by atoms with Crippen molar-refractivity contribution in [2.24, 2.45) is 0 Å². The third-order valence-corrected chi connectivity index (χ3v) is 9.50. The van der Waals surface area contributed by atoms with E-state index in [4.69, 9.17) is 9.97 Å². The fourth-order valence-electron chi connectivity index (χ4n) is 7.45. The molecular weight excluding hydrogens is 562 g/mol. The summed E-state index contributed by atoms with van der Waals surface area (Å²) in [4.78, 5) is 10.4. The van der Waals surface area contributed by atoms with Gasteiger partial charge in [0.1, 0.15) is 11.6 Å². The first kappa shape index (κ1) is 25.1. The summed E-state index contributed by atoms with van der Waals surface area (Å²) in [6.45, 7) is 0. The Hall–Kier alpha value is -6.26. The Morgan fingerprint density at radius 1 is 0.457 bits per heavy atom. The molecule has 4 heteroatoms. The maximum atomic E-state index is 11.1. The van der Waals surface area contributed by atoms with Gasteiger partial charge in [-0.2, -0.15) is 0 Å². The summed E-state index contributed by atoms with van der Waals surface area (Å²) in [6.07, 6.45) is 1.87. The molecule has 0 fully saturated rings. The number of para-hydroxylation sites is 2. The molecule has 0 bridgehead atoms. The van der Waals surface area contributed by atoms with Crippen LogP contribution in [-0.4, -0.2) is 19.6 Å². The van der Waals surface area contributed by atoms with Crippen LogP contribution >= 0.6 is 0 Å². The molecule has 0 unspecified atom stereocenters. The van der Waals surface area contributed by atoms with Gasteiger partial charge in [0.2, 0.25) is 0 Å². The SMILES string of the molecule is Oc1ccccc1-c1cnc(-c2ccc3c4c(cccc24)-c2ccccc2-3)nc1-n1c2ccccc2c2cc3ccccc3cc21. The van der Waals surface area contributed by atoms with Crippen molar-refractivity contribution in [2.45, 2.75) is 0 Å². The van der Waals surface area contributed by atoms with Crippen molar-refractivity contribution < 1.29 is 5.11 Å². The van der Waals surface area contributed by atoms with Gasteiger partial charge in [0.25, 0.3) is 0 Å². The number of aromatic nitrogens is 3. The zero-order valence-corrected chi connectivity index (χ0v) is 24.6. The van der Waals surface area contributed by atoms with E-state index in [2.05, 4.69) is 120 Å². The molecule has 1 N–H and O–H groups in total. The number of rotatable bonds is 3. The summed E-state index contributed by atoms with van der Waals surface area (Å²) in [5, 5.41) is 18.1. The van der Waals surface area contributed by atoms with E-state index in [0.717, 1.165) is 49.5 Å². The molecule has 0 amide bonds. The lowest BCUT2D eigenvalue weighted by Crippen LogP contribution is -2.04. The van der Waals surface area contributed by atoms with Crippen LogP contribution in [0.4, 0.5) is 0 Å². The Morgan fingerprint density at radius 3 is 1.91 bits per heavy atom. The largest absolute Gasteiger partial charge is 0.507 e. The van der Waals surface area contributed by atoms with E-state index in [0.29, 0.717) is 11.4 Å². The van der Waals surface area contributed by atoms with E-state index in [-0.39, 0.29) is 5.75 Å². The summed E-state index contributed by atoms with van der Waals surface area (Å²) in [6, 6.07) is 48.3. The van der Waals surface area contributed by atoms with Gasteiger partial charge < -0.3 is 5.11 Å². The quantitative estimate of drug-likeness (QED) is 0.224. The number of hydrogen-bond acceptors (Lipinski definition) is 3. The number of benzene rings is 7. The van der Waals surface area contributed by atoms with Gasteiger partial charge in [0.05, 0.1) is 11.0 Å². The molecule has 0 saturated heterocycles. The summed E-state index contributed by atoms with van der Waals surface area (Å²) < 4.78 is 2.24. The molecule has 214 valence electrons. The van der Waals surface area contributed by atoms with Crippen LogP contribution < -0.4 is 0 Å². The topological polar surface area (TPSA) is 50.9 Å². The molecule has 1 aliphatic rings.